The first-order chi connectivity index (χ1) is 70.9. The maximum atomic E-state index is 13.7. The summed E-state index contributed by atoms with van der Waals surface area (Å²) in [7, 11) is 0. The number of hydrogen-bond donors (Lipinski definition) is 5. The second-order valence-corrected chi connectivity index (χ2v) is 38.4. The van der Waals surface area contributed by atoms with Crippen molar-refractivity contribution in [2.75, 3.05) is 0 Å². The number of furan rings is 1. The van der Waals surface area contributed by atoms with Crippen molar-refractivity contribution in [2.24, 2.45) is 0 Å². The molecule has 148 heavy (non-hydrogen) atoms. The highest BCUT2D eigenvalue weighted by atomic mass is 35.5. The van der Waals surface area contributed by atoms with Gasteiger partial charge in [-0.1, -0.05) is 119 Å². The molecule has 5 N–H and O–H groups in total. The Morgan fingerprint density at radius 1 is 0.331 bits per heavy atom. The first-order valence-corrected chi connectivity index (χ1v) is 48.7. The smallest absolute Gasteiger partial charge is 0.269 e. The van der Waals surface area contributed by atoms with Gasteiger partial charge in [-0.15, -0.1) is 0 Å². The van der Waals surface area contributed by atoms with E-state index < -0.39 is 0 Å². The zero-order valence-corrected chi connectivity index (χ0v) is 85.3. The number of para-hydroxylation sites is 1. The molecule has 0 amide bonds. The van der Waals surface area contributed by atoms with Gasteiger partial charge in [-0.2, -0.15) is 5.26 Å². The molecule has 34 heteroatoms. The normalized spacial score (nSPS) is 11.3. The molecule has 0 saturated carbocycles. The van der Waals surface area contributed by atoms with Gasteiger partial charge in [-0.05, 0) is 204 Å². The monoisotopic (exact) mass is 2070 g/mol. The number of pyridine rings is 16. The molecule has 17 aromatic heterocycles. The van der Waals surface area contributed by atoms with Crippen LogP contribution in [0.5, 0.6) is 0 Å². The van der Waals surface area contributed by atoms with E-state index in [0.29, 0.717) is 156 Å². The molecule has 21 rings (SSSR count). The summed E-state index contributed by atoms with van der Waals surface area (Å²) < 4.78 is 27.6. The van der Waals surface area contributed by atoms with E-state index in [1.807, 2.05) is 154 Å². The number of aromatic nitrogens is 16. The number of H-pyrrole nitrogens is 5. The summed E-state index contributed by atoms with van der Waals surface area (Å²) in [6, 6.07) is 58.9. The first-order valence-electron chi connectivity index (χ1n) is 46.8. The summed E-state index contributed by atoms with van der Waals surface area (Å²) in [6.07, 6.45) is 20.0. The number of aryl methyl sites for hydroxylation is 2. The fourth-order valence-electron chi connectivity index (χ4n) is 17.1. The molecule has 0 fully saturated rings. The number of halogens is 6. The van der Waals surface area contributed by atoms with Gasteiger partial charge in [0.1, 0.15) is 70.4 Å². The van der Waals surface area contributed by atoms with Crippen molar-refractivity contribution in [3.63, 3.8) is 0 Å². The highest BCUT2D eigenvalue weighted by Crippen LogP contribution is 2.42. The van der Waals surface area contributed by atoms with E-state index >= 15 is 0 Å². The van der Waals surface area contributed by atoms with Crippen LogP contribution in [-0.2, 0) is 0 Å². The highest BCUT2D eigenvalue weighted by molar-refractivity contribution is 6.32. The number of hydrogen-bond acceptors (Lipinski definition) is 18. The minimum Gasteiger partial charge on any atom is -0.454 e. The molecule has 740 valence electrons. The lowest BCUT2D eigenvalue weighted by Gasteiger charge is -2.16. The third-order valence-electron chi connectivity index (χ3n) is 24.7. The Labute approximate surface area is 866 Å². The van der Waals surface area contributed by atoms with Crippen molar-refractivity contribution < 1.29 is 8.81 Å². The summed E-state index contributed by atoms with van der Waals surface area (Å²) >= 11 is 31.3. The van der Waals surface area contributed by atoms with Crippen LogP contribution in [0.3, 0.4) is 0 Å². The minimum absolute atomic E-state index is 0.0563. The average Bonchev–Trinajstić information content (AvgIpc) is 1.27. The van der Waals surface area contributed by atoms with E-state index in [4.69, 9.17) is 77.4 Å². The molecule has 0 saturated heterocycles. The van der Waals surface area contributed by atoms with Gasteiger partial charge < -0.3 is 52.2 Å². The lowest BCUT2D eigenvalue weighted by molar-refractivity contribution is 0.579. The van der Waals surface area contributed by atoms with Crippen LogP contribution in [0, 0.1) is 31.0 Å². The molecule has 0 bridgehead atoms. The molecule has 28 nitrogen and oxygen atoms in total. The SMILES string of the molecule is CC(C)n1cc(-c2cc3c(=O)cc[nH]c3nc2-c2cc3ccccc3o2)cc(Cl)c1=O.CC(C)n1cc(-c2cc3c(=O)cc[nH]c3nc2-c2cccc(C#N)c2)cc(Cl)c1=O.CC(C)n1cc(-c2cc3c(=O)cc[nH]c3nc2-c2cccnc2)cc(Cl)c1=O.Cc1c[nH]c2nc(-c3ccccc3)c(-c3cc(Cl)c(=O)n(C(C)C)c3)cc2c1=O.Cc1cc(F)ccc1-c1nc2[nH]ccc(=O)c2cc1-c1cc(Cl)c(=O)n(C(C)C)c1. The van der Waals surface area contributed by atoms with E-state index in [2.05, 4.69) is 45.9 Å². The lowest BCUT2D eigenvalue weighted by atomic mass is 9.96. The number of rotatable bonds is 15. The number of nitrogens with zero attached hydrogens (tertiary/aromatic N) is 12. The van der Waals surface area contributed by atoms with Gasteiger partial charge in [0.25, 0.3) is 27.8 Å². The zero-order valence-electron chi connectivity index (χ0n) is 81.5. The van der Waals surface area contributed by atoms with Crippen LogP contribution in [0.4, 0.5) is 4.39 Å². The molecular weight excluding hydrogens is 1980 g/mol. The predicted molar refractivity (Wildman–Crippen MR) is 586 cm³/mol. The van der Waals surface area contributed by atoms with Crippen LogP contribution in [0.2, 0.25) is 25.1 Å². The van der Waals surface area contributed by atoms with Crippen LogP contribution in [-0.4, -0.2) is 77.7 Å². The molecule has 0 spiro atoms. The summed E-state index contributed by atoms with van der Waals surface area (Å²) in [4.78, 5) is 167. The molecule has 0 aliphatic rings. The third kappa shape index (κ3) is 21.2. The maximum Gasteiger partial charge on any atom is 0.269 e. The van der Waals surface area contributed by atoms with E-state index in [0.717, 1.165) is 38.8 Å². The summed E-state index contributed by atoms with van der Waals surface area (Å²) in [5.41, 5.74) is 15.8. The molecule has 0 aliphatic heterocycles. The zero-order chi connectivity index (χ0) is 105. The third-order valence-corrected chi connectivity index (χ3v) is 26.1. The fourth-order valence-corrected chi connectivity index (χ4v) is 18.2. The number of nitrogens with one attached hydrogen (secondary N) is 5. The van der Waals surface area contributed by atoms with Gasteiger partial charge >= 0.3 is 0 Å². The summed E-state index contributed by atoms with van der Waals surface area (Å²) in [5, 5.41) is 13.0. The van der Waals surface area contributed by atoms with Crippen molar-refractivity contribution in [1.29, 1.82) is 5.26 Å². The van der Waals surface area contributed by atoms with Gasteiger partial charge in [0.2, 0.25) is 0 Å². The molecule has 0 atom stereocenters. The van der Waals surface area contributed by atoms with Crippen molar-refractivity contribution in [3.05, 3.63) is 425 Å². The van der Waals surface area contributed by atoms with Crippen LogP contribution in [0.1, 0.15) is 116 Å². The van der Waals surface area contributed by atoms with Crippen LogP contribution in [0.25, 0.3) is 178 Å². The van der Waals surface area contributed by atoms with Crippen molar-refractivity contribution in [2.45, 2.75) is 113 Å². The molecule has 4 aromatic carbocycles. The lowest BCUT2D eigenvalue weighted by Crippen LogP contribution is -2.21. The van der Waals surface area contributed by atoms with Gasteiger partial charge in [-0.25, -0.2) is 29.3 Å². The fraction of sp³-hybridized carbons (Fsp3) is 0.149. The summed E-state index contributed by atoms with van der Waals surface area (Å²) in [6.45, 7) is 22.6. The quantitative estimate of drug-likeness (QED) is 0.0636. The van der Waals surface area contributed by atoms with Crippen molar-refractivity contribution >= 4 is 124 Å². The number of fused-ring (bicyclic) bond motifs is 6. The Kier molecular flexibility index (Phi) is 29.8. The molecule has 0 aliphatic carbocycles. The van der Waals surface area contributed by atoms with E-state index in [1.165, 1.54) is 42.6 Å². The second-order valence-electron chi connectivity index (χ2n) is 36.4. The topological polar surface area (TPSA) is 389 Å². The molecule has 0 unspecified atom stereocenters. The number of aromatic amines is 5. The van der Waals surface area contributed by atoms with Gasteiger partial charge in [-0.3, -0.25) is 52.9 Å². The van der Waals surface area contributed by atoms with Crippen molar-refractivity contribution in [1.82, 2.24) is 77.7 Å². The van der Waals surface area contributed by atoms with E-state index in [-0.39, 0.29) is 116 Å². The largest absolute Gasteiger partial charge is 0.454 e. The van der Waals surface area contributed by atoms with E-state index in [9.17, 15) is 57.6 Å². The summed E-state index contributed by atoms with van der Waals surface area (Å²) in [5.74, 6) is 0.213. The minimum atomic E-state index is -0.344. The Bertz CT molecular complexity index is 9560. The van der Waals surface area contributed by atoms with Crippen LogP contribution < -0.4 is 54.9 Å². The van der Waals surface area contributed by atoms with E-state index in [1.54, 1.807) is 184 Å². The van der Waals surface area contributed by atoms with Gasteiger partial charge in [0.15, 0.2) is 32.9 Å². The molecular formula is C114H91Cl5FN17O11. The molecule has 17 heterocycles. The Hall–Kier alpha value is -17.0. The first kappa shape index (κ1) is 102. The van der Waals surface area contributed by atoms with Gasteiger partial charge in [0, 0.05) is 218 Å². The van der Waals surface area contributed by atoms with Crippen LogP contribution in [0.15, 0.2) is 327 Å². The Balaban J connectivity index is 0.000000126. The van der Waals surface area contributed by atoms with Gasteiger partial charge in [0.05, 0.1) is 61.3 Å². The number of nitriles is 1. The number of benzene rings is 4. The Morgan fingerprint density at radius 2 is 0.682 bits per heavy atom. The Morgan fingerprint density at radius 3 is 1.07 bits per heavy atom. The predicted octanol–water partition coefficient (Wildman–Crippen LogP) is 24.0. The molecule has 21 aromatic rings. The van der Waals surface area contributed by atoms with Crippen molar-refractivity contribution in [3.8, 4) is 118 Å². The standard InChI is InChI=1S/C24H18ClN3O3.C23H19ClFN3O2.C23H17ClN4O2.C23H20ClN3O2.C21H17ClN4O2/c1-13(2)28-12-15(9-18(25)24(28)30)16-11-17-19(29)7-8-26-23(17)27-22(16)21-10-14-5-3-4-6-20(14)31-21;1-12(2)28-11-14(9-19(24)23(28)30)17-10-18-20(29)6-7-26-22(18)27-21(17)16-5-4-15(25)8-13(16)3;1-13(2)28-12-16(9-19(24)23(28)30)17-10-18-20(29)6-7-26-22(18)27-21(17)15-5-3-4-14(8-15)11-25;1-13(2)27-12-16(9-19(24)23(27)29)17-10-18-21(28)14(3)11-25-22(18)26-20(17)15-7-5-4-6-8-15;1-12(2)26-11-14(8-17(22)21(26)28)15-9-16-18(27)5-7-24-20(16)25-19(15)13-4-3-6-23-10-13/h3-13H,1-2H3,(H,26,27,29);4-12H,1-3H3,(H,26,27,29);3-10,12-13H,1-2H3,(H,26,27,29);4-13H,1-3H3,(H,25,26,28);3-12H,1-2H3,(H,24,25,27). The maximum absolute atomic E-state index is 13.7. The average molecular weight is 2070 g/mol. The van der Waals surface area contributed by atoms with Crippen LogP contribution >= 0.6 is 58.0 Å². The highest BCUT2D eigenvalue weighted by Gasteiger charge is 2.26. The second kappa shape index (κ2) is 43.1. The molecule has 0 radical (unpaired) electrons.